The molecule has 4 heterocycles. The number of halogens is 1. The summed E-state index contributed by atoms with van der Waals surface area (Å²) >= 11 is 0. The zero-order chi connectivity index (χ0) is 108. The molecule has 0 saturated heterocycles. The van der Waals surface area contributed by atoms with E-state index < -0.39 is 6.85 Å². The van der Waals surface area contributed by atoms with Crippen LogP contribution in [0, 0.1) is 139 Å². The molecule has 0 atom stereocenters. The van der Waals surface area contributed by atoms with Crippen molar-refractivity contribution < 1.29 is 129 Å². The Morgan fingerprint density at radius 3 is 1.06 bits per heavy atom. The van der Waals surface area contributed by atoms with Gasteiger partial charge in [-0.15, -0.1) is 122 Å². The molecule has 12 rings (SSSR count). The molecule has 17 heteroatoms. The molecule has 4 radical (unpaired) electrons. The molecule has 0 aliphatic carbocycles. The standard InChI is InChI=1S/C21H22N.C20H19FN.C20H20N.C17H14N.3C13H24O2.C11H20O2.4Ir/c1-14(2)10-17-6-5-7-21-19(17)8-9-20(22-21)18-12-15(3)11-16(4)13-18;1-12(2)16-6-5-15-7-8-22-20(18(15)11-16)17-9-13(3)19(21)14(4)10-17;1-13(2)17-6-5-16-7-8-21-20(19(16)12-17)18-10-14(3)9-15(4)11-18;1-12-9-13(2)11-15(10-12)17-8-7-14-5-3-4-6-16(14)18-17;3*1-5-10(6-2)12(14)9-13(15)11(7-3)8-4;1-5-9(6-2)11(13)7-10(12)8(3)4;;;;/h5-9,11-12,14H,10H2,1-4H3;5-9,11-12H,1-4H3;5-10,12-13H,1-4H3;3-10H,1-2H3;3*9-11,14H,5-8H2,1-4H3;7-9,13H,5-6H2,1-4H3;;;;/q4*-1;;;;;;;;/i4D3;;;;;;;;;;;. The van der Waals surface area contributed by atoms with Crippen LogP contribution in [0.1, 0.15) is 319 Å². The number of rotatable bonds is 34. The van der Waals surface area contributed by atoms with Gasteiger partial charge in [-0.1, -0.05) is 310 Å². The van der Waals surface area contributed by atoms with Crippen LogP contribution in [-0.4, -0.2) is 63.5 Å². The monoisotopic (exact) mass is 2680 g/mol. The van der Waals surface area contributed by atoms with E-state index in [2.05, 4.69) is 201 Å². The summed E-state index contributed by atoms with van der Waals surface area (Å²) in [6, 6.07) is 66.8. The summed E-state index contributed by atoms with van der Waals surface area (Å²) in [6.45, 7) is 56.7. The number of hydrogen-bond donors (Lipinski definition) is 4. The number of aliphatic hydroxyl groups excluding tert-OH is 4. The van der Waals surface area contributed by atoms with Crippen molar-refractivity contribution in [1.82, 2.24) is 19.9 Å². The molecular formula is C128H167FIr4N4O8-4. The van der Waals surface area contributed by atoms with Crippen molar-refractivity contribution in [1.29, 1.82) is 0 Å². The number of carbonyl (C=O) groups is 4. The number of para-hydroxylation sites is 1. The number of aryl methyl sites for hydroxylation is 8. The van der Waals surface area contributed by atoms with Crippen molar-refractivity contribution in [3.8, 4) is 45.0 Å². The third-order valence-corrected chi connectivity index (χ3v) is 26.2. The van der Waals surface area contributed by atoms with Crippen LogP contribution in [0.3, 0.4) is 0 Å². The number of nitrogens with zero attached hydrogens (tertiary/aromatic N) is 4. The van der Waals surface area contributed by atoms with E-state index in [-0.39, 0.29) is 185 Å². The van der Waals surface area contributed by atoms with Crippen LogP contribution in [0.2, 0.25) is 0 Å². The normalized spacial score (nSPS) is 11.8. The second kappa shape index (κ2) is 69.1. The fraction of sp³-hybridized carbons (Fsp3) is 0.438. The van der Waals surface area contributed by atoms with Gasteiger partial charge in [0.15, 0.2) is 23.1 Å². The molecule has 145 heavy (non-hydrogen) atoms. The van der Waals surface area contributed by atoms with Gasteiger partial charge in [-0.3, -0.25) is 33.5 Å². The van der Waals surface area contributed by atoms with Gasteiger partial charge in [0.2, 0.25) is 0 Å². The minimum atomic E-state index is -2.16. The first-order valence-corrected chi connectivity index (χ1v) is 51.9. The van der Waals surface area contributed by atoms with Gasteiger partial charge in [0, 0.05) is 180 Å². The fourth-order valence-electron chi connectivity index (χ4n) is 17.1. The topological polar surface area (TPSA) is 201 Å². The minimum absolute atomic E-state index is 0. The zero-order valence-corrected chi connectivity index (χ0v) is 101. The fourth-order valence-corrected chi connectivity index (χ4v) is 17.1. The van der Waals surface area contributed by atoms with Crippen molar-refractivity contribution in [2.45, 2.75) is 316 Å². The molecule has 12 aromatic rings. The molecule has 12 nitrogen and oxygen atoms in total. The Bertz CT molecular complexity index is 6080. The van der Waals surface area contributed by atoms with Crippen molar-refractivity contribution >= 4 is 66.5 Å². The van der Waals surface area contributed by atoms with Gasteiger partial charge in [0.05, 0.1) is 34.1 Å². The first kappa shape index (κ1) is 128. The average molecular weight is 2680 g/mol. The Balaban J connectivity index is 0.000000851. The van der Waals surface area contributed by atoms with Gasteiger partial charge in [-0.2, -0.15) is 0 Å². The van der Waals surface area contributed by atoms with Crippen molar-refractivity contribution in [3.05, 3.63) is 309 Å². The summed E-state index contributed by atoms with van der Waals surface area (Å²) < 4.78 is 36.8. The van der Waals surface area contributed by atoms with Crippen molar-refractivity contribution in [2.24, 2.45) is 53.3 Å². The van der Waals surface area contributed by atoms with Crippen LogP contribution < -0.4 is 0 Å². The van der Waals surface area contributed by atoms with E-state index in [0.29, 0.717) is 28.9 Å². The van der Waals surface area contributed by atoms with E-state index in [1.807, 2.05) is 178 Å². The molecule has 0 saturated carbocycles. The molecule has 0 spiro atoms. The summed E-state index contributed by atoms with van der Waals surface area (Å²) in [5.41, 5.74) is 20.3. The Labute approximate surface area is 930 Å². The SMILES string of the molecule is CCC(CC)C(=O)C=C(O)C(CC)CC.CCC(CC)C(=O)C=C(O)C(CC)CC.CCC(CC)C(=O)C=C(O)C(CC)CC.CCC(CC)C(O)=CC(=O)C(C)C.Cc1[c-]c(-c2ccc3ccccc3n2)cc(C)c1.Cc1[c-]c(-c2nccc3ccc(C(C)C)cc23)cc(C)c1.Cc1[c-]c(-c2nccc3ccc(C(C)C)cc23)cc(C)c1F.[2H]C([2H])([2H])c1[c-]c(-c2ccc3c(CC(C)C)cccc3n2)cc(C)c1.[Ir].[Ir].[Ir].[Ir]. The first-order valence-electron chi connectivity index (χ1n) is 53.4. The Morgan fingerprint density at radius 2 is 0.690 bits per heavy atom. The quantitative estimate of drug-likeness (QED) is 0.0169. The number of carbonyl (C=O) groups excluding carboxylic acids is 4. The summed E-state index contributed by atoms with van der Waals surface area (Å²) in [7, 11) is 0. The van der Waals surface area contributed by atoms with Gasteiger partial charge in [-0.25, -0.2) is 0 Å². The predicted molar refractivity (Wildman–Crippen MR) is 595 cm³/mol. The molecule has 0 unspecified atom stereocenters. The maximum Gasteiger partial charge on any atom is 0.162 e. The number of aromatic nitrogens is 4. The average Bonchev–Trinajstić information content (AvgIpc) is 0.793. The number of benzene rings is 8. The van der Waals surface area contributed by atoms with Gasteiger partial charge in [-0.05, 0) is 205 Å². The first-order chi connectivity index (χ1) is 68.3. The number of fused-ring (bicyclic) bond motifs is 4. The summed E-state index contributed by atoms with van der Waals surface area (Å²) in [4.78, 5) is 65.0. The van der Waals surface area contributed by atoms with E-state index in [4.69, 9.17) is 14.1 Å². The second-order valence-corrected chi connectivity index (χ2v) is 38.7. The number of hydrogen-bond acceptors (Lipinski definition) is 12. The molecule has 4 aromatic heterocycles. The zero-order valence-electron chi connectivity index (χ0n) is 94.9. The summed E-state index contributed by atoms with van der Waals surface area (Å²) in [5, 5.41) is 45.9. The Morgan fingerprint density at radius 1 is 0.352 bits per heavy atom. The Kier molecular flexibility index (Phi) is 61.1. The predicted octanol–water partition coefficient (Wildman–Crippen LogP) is 35.5. The van der Waals surface area contributed by atoms with Crippen LogP contribution >= 0.6 is 0 Å². The van der Waals surface area contributed by atoms with E-state index in [1.165, 1.54) is 68.3 Å². The van der Waals surface area contributed by atoms with Crippen molar-refractivity contribution in [2.75, 3.05) is 0 Å². The third-order valence-electron chi connectivity index (χ3n) is 26.2. The van der Waals surface area contributed by atoms with E-state index in [0.717, 1.165) is 185 Å². The molecule has 8 aromatic carbocycles. The number of allylic oxidation sites excluding steroid dienone is 8. The molecule has 4 N–H and O–H groups in total. The third kappa shape index (κ3) is 42.7. The van der Waals surface area contributed by atoms with Gasteiger partial charge < -0.3 is 30.4 Å². The molecule has 0 aliphatic rings. The maximum absolute atomic E-state index is 13.9. The summed E-state index contributed by atoms with van der Waals surface area (Å²) in [6.07, 6.45) is 22.6. The van der Waals surface area contributed by atoms with Gasteiger partial charge >= 0.3 is 0 Å². The van der Waals surface area contributed by atoms with E-state index >= 15 is 0 Å². The second-order valence-electron chi connectivity index (χ2n) is 38.7. The summed E-state index contributed by atoms with van der Waals surface area (Å²) in [5.74, 6) is 3.36. The van der Waals surface area contributed by atoms with Crippen LogP contribution in [0.4, 0.5) is 4.39 Å². The van der Waals surface area contributed by atoms with Crippen LogP contribution in [0.5, 0.6) is 0 Å². The van der Waals surface area contributed by atoms with E-state index in [9.17, 15) is 44.0 Å². The van der Waals surface area contributed by atoms with Crippen molar-refractivity contribution in [3.63, 3.8) is 0 Å². The smallest absolute Gasteiger partial charge is 0.162 e. The minimum Gasteiger partial charge on any atom is -0.512 e. The maximum atomic E-state index is 13.9. The van der Waals surface area contributed by atoms with Crippen LogP contribution in [0.15, 0.2) is 217 Å². The van der Waals surface area contributed by atoms with Gasteiger partial charge in [0.25, 0.3) is 0 Å². The molecular weight excluding hydrogens is 2510 g/mol. The number of pyridine rings is 4. The van der Waals surface area contributed by atoms with Crippen LogP contribution in [-0.2, 0) is 106 Å². The molecule has 0 fully saturated rings. The van der Waals surface area contributed by atoms with E-state index in [1.54, 1.807) is 26.1 Å². The molecule has 0 bridgehead atoms. The van der Waals surface area contributed by atoms with Gasteiger partial charge in [0.1, 0.15) is 0 Å². The molecule has 794 valence electrons. The number of ketones is 4. The number of aliphatic hydroxyl groups is 4. The molecule has 0 aliphatic heterocycles. The largest absolute Gasteiger partial charge is 0.512 e. The van der Waals surface area contributed by atoms with Crippen LogP contribution in [0.25, 0.3) is 88.4 Å². The Hall–Kier alpha value is -9.23. The molecule has 0 amide bonds.